The molecule has 0 aromatic heterocycles. The van der Waals surface area contributed by atoms with Crippen molar-refractivity contribution in [2.75, 3.05) is 13.7 Å². The van der Waals surface area contributed by atoms with Crippen LogP contribution in [-0.4, -0.2) is 24.9 Å². The van der Waals surface area contributed by atoms with E-state index in [0.717, 1.165) is 30.8 Å². The van der Waals surface area contributed by atoms with Crippen LogP contribution in [0, 0.1) is 0 Å². The minimum atomic E-state index is 0.228. The maximum absolute atomic E-state index is 8.83. The monoisotopic (exact) mass is 222 g/mol. The summed E-state index contributed by atoms with van der Waals surface area (Å²) in [5, 5.41) is 8.83. The third-order valence-corrected chi connectivity index (χ3v) is 2.86. The number of benzene rings is 1. The molecule has 3 nitrogen and oxygen atoms in total. The topological polar surface area (TPSA) is 38.7 Å². The van der Waals surface area contributed by atoms with E-state index in [2.05, 4.69) is 13.0 Å². The van der Waals surface area contributed by atoms with Crippen LogP contribution in [0.4, 0.5) is 0 Å². The summed E-state index contributed by atoms with van der Waals surface area (Å²) in [5.74, 6) is 1.71. The van der Waals surface area contributed by atoms with Crippen molar-refractivity contribution in [2.24, 2.45) is 0 Å². The second-order valence-electron chi connectivity index (χ2n) is 4.25. The van der Waals surface area contributed by atoms with E-state index in [1.807, 2.05) is 6.07 Å². The Labute approximate surface area is 96.0 Å². The Bertz CT molecular complexity index is 374. The van der Waals surface area contributed by atoms with Crippen molar-refractivity contribution in [3.63, 3.8) is 0 Å². The Morgan fingerprint density at radius 1 is 1.50 bits per heavy atom. The molecule has 0 fully saturated rings. The van der Waals surface area contributed by atoms with Crippen molar-refractivity contribution < 1.29 is 14.6 Å². The highest BCUT2D eigenvalue weighted by Gasteiger charge is 2.23. The average Bonchev–Trinajstić information content (AvgIpc) is 2.65. The fraction of sp³-hybridized carbons (Fsp3) is 0.538. The van der Waals surface area contributed by atoms with E-state index in [0.29, 0.717) is 0 Å². The first kappa shape index (κ1) is 11.3. The van der Waals surface area contributed by atoms with Gasteiger partial charge in [0.05, 0.1) is 7.11 Å². The lowest BCUT2D eigenvalue weighted by Gasteiger charge is -2.10. The largest absolute Gasteiger partial charge is 0.493 e. The molecule has 3 heteroatoms. The summed E-state index contributed by atoms with van der Waals surface area (Å²) in [7, 11) is 1.66. The Kier molecular flexibility index (Phi) is 3.34. The molecule has 1 aromatic carbocycles. The molecule has 0 bridgehead atoms. The quantitative estimate of drug-likeness (QED) is 0.846. The second kappa shape index (κ2) is 4.74. The number of aryl methyl sites for hydroxylation is 1. The molecule has 0 amide bonds. The van der Waals surface area contributed by atoms with Gasteiger partial charge in [-0.3, -0.25) is 0 Å². The molecule has 16 heavy (non-hydrogen) atoms. The van der Waals surface area contributed by atoms with Gasteiger partial charge in [-0.2, -0.15) is 0 Å². The molecule has 0 spiro atoms. The molecule has 0 aliphatic carbocycles. The van der Waals surface area contributed by atoms with Gasteiger partial charge in [-0.1, -0.05) is 6.07 Å². The number of rotatable bonds is 4. The smallest absolute Gasteiger partial charge is 0.164 e. The standard InChI is InChI=1S/C13H18O3/c1-9-6-11-7-10(4-3-5-14)8-12(15-2)13(11)16-9/h7-9,14H,3-6H2,1-2H3. The molecule has 1 heterocycles. The van der Waals surface area contributed by atoms with Gasteiger partial charge in [-0.05, 0) is 31.4 Å². The van der Waals surface area contributed by atoms with Crippen LogP contribution in [0.25, 0.3) is 0 Å². The molecule has 1 unspecified atom stereocenters. The molecule has 1 aliphatic rings. The van der Waals surface area contributed by atoms with E-state index >= 15 is 0 Å². The van der Waals surface area contributed by atoms with Gasteiger partial charge in [-0.25, -0.2) is 0 Å². The van der Waals surface area contributed by atoms with Gasteiger partial charge in [0.25, 0.3) is 0 Å². The summed E-state index contributed by atoms with van der Waals surface area (Å²) in [4.78, 5) is 0. The van der Waals surface area contributed by atoms with Crippen molar-refractivity contribution >= 4 is 0 Å². The summed E-state index contributed by atoms with van der Waals surface area (Å²) in [6, 6.07) is 4.17. The number of hydrogen-bond donors (Lipinski definition) is 1. The molecule has 0 saturated heterocycles. The van der Waals surface area contributed by atoms with Gasteiger partial charge < -0.3 is 14.6 Å². The molecule has 0 radical (unpaired) electrons. The zero-order valence-corrected chi connectivity index (χ0v) is 9.82. The highest BCUT2D eigenvalue weighted by Crippen LogP contribution is 2.39. The van der Waals surface area contributed by atoms with E-state index < -0.39 is 0 Å². The summed E-state index contributed by atoms with van der Waals surface area (Å²) >= 11 is 0. The molecule has 88 valence electrons. The average molecular weight is 222 g/mol. The summed E-state index contributed by atoms with van der Waals surface area (Å²) < 4.78 is 11.1. The number of aliphatic hydroxyl groups is 1. The van der Waals surface area contributed by atoms with Gasteiger partial charge in [0.15, 0.2) is 11.5 Å². The molecule has 1 aliphatic heterocycles. The first-order valence-corrected chi connectivity index (χ1v) is 5.72. The lowest BCUT2D eigenvalue weighted by atomic mass is 10.0. The number of ether oxygens (including phenoxy) is 2. The molecule has 1 N–H and O–H groups in total. The number of fused-ring (bicyclic) bond motifs is 1. The molecule has 2 rings (SSSR count). The van der Waals surface area contributed by atoms with Gasteiger partial charge >= 0.3 is 0 Å². The summed E-state index contributed by atoms with van der Waals surface area (Å²) in [6.45, 7) is 2.29. The van der Waals surface area contributed by atoms with E-state index in [-0.39, 0.29) is 12.7 Å². The van der Waals surface area contributed by atoms with Gasteiger partial charge in [0.2, 0.25) is 0 Å². The van der Waals surface area contributed by atoms with Crippen LogP contribution in [-0.2, 0) is 12.8 Å². The molecule has 1 atom stereocenters. The van der Waals surface area contributed by atoms with Crippen LogP contribution in [0.2, 0.25) is 0 Å². The predicted molar refractivity (Wildman–Crippen MR) is 62.2 cm³/mol. The van der Waals surface area contributed by atoms with Crippen molar-refractivity contribution in [3.8, 4) is 11.5 Å². The lowest BCUT2D eigenvalue weighted by Crippen LogP contribution is -2.05. The minimum absolute atomic E-state index is 0.228. The normalized spacial score (nSPS) is 18.1. The van der Waals surface area contributed by atoms with Crippen molar-refractivity contribution in [3.05, 3.63) is 23.3 Å². The Morgan fingerprint density at radius 3 is 3.00 bits per heavy atom. The minimum Gasteiger partial charge on any atom is -0.493 e. The van der Waals surface area contributed by atoms with Crippen LogP contribution in [0.15, 0.2) is 12.1 Å². The van der Waals surface area contributed by atoms with Crippen LogP contribution in [0.1, 0.15) is 24.5 Å². The van der Waals surface area contributed by atoms with E-state index in [4.69, 9.17) is 14.6 Å². The van der Waals surface area contributed by atoms with Gasteiger partial charge in [0, 0.05) is 18.6 Å². The second-order valence-corrected chi connectivity index (χ2v) is 4.25. The third kappa shape index (κ3) is 2.14. The molecular formula is C13H18O3. The number of hydrogen-bond acceptors (Lipinski definition) is 3. The van der Waals surface area contributed by atoms with Crippen LogP contribution in [0.5, 0.6) is 11.5 Å². The van der Waals surface area contributed by atoms with E-state index in [9.17, 15) is 0 Å². The molecule has 1 aromatic rings. The maximum atomic E-state index is 8.83. The SMILES string of the molecule is COc1cc(CCCO)cc2c1OC(C)C2. The Balaban J connectivity index is 2.28. The van der Waals surface area contributed by atoms with Crippen molar-refractivity contribution in [1.82, 2.24) is 0 Å². The van der Waals surface area contributed by atoms with Crippen LogP contribution in [0.3, 0.4) is 0 Å². The number of methoxy groups -OCH3 is 1. The molecule has 0 saturated carbocycles. The Hall–Kier alpha value is -1.22. The highest BCUT2D eigenvalue weighted by molar-refractivity contribution is 5.52. The molecular weight excluding hydrogens is 204 g/mol. The first-order chi connectivity index (χ1) is 7.74. The van der Waals surface area contributed by atoms with Crippen molar-refractivity contribution in [1.29, 1.82) is 0 Å². The van der Waals surface area contributed by atoms with Crippen molar-refractivity contribution in [2.45, 2.75) is 32.3 Å². The van der Waals surface area contributed by atoms with Gasteiger partial charge in [0.1, 0.15) is 6.10 Å². The van der Waals surface area contributed by atoms with E-state index in [1.54, 1.807) is 7.11 Å². The highest BCUT2D eigenvalue weighted by atomic mass is 16.5. The summed E-state index contributed by atoms with van der Waals surface area (Å²) in [6.07, 6.45) is 2.85. The predicted octanol–water partition coefficient (Wildman–Crippen LogP) is 1.94. The third-order valence-electron chi connectivity index (χ3n) is 2.86. The zero-order valence-electron chi connectivity index (χ0n) is 9.82. The zero-order chi connectivity index (χ0) is 11.5. The van der Waals surface area contributed by atoms with Gasteiger partial charge in [-0.15, -0.1) is 0 Å². The first-order valence-electron chi connectivity index (χ1n) is 5.72. The van der Waals surface area contributed by atoms with E-state index in [1.165, 1.54) is 11.1 Å². The lowest BCUT2D eigenvalue weighted by molar-refractivity contribution is 0.243. The Morgan fingerprint density at radius 2 is 2.31 bits per heavy atom. The fourth-order valence-electron chi connectivity index (χ4n) is 2.14. The summed E-state index contributed by atoms with van der Waals surface area (Å²) in [5.41, 5.74) is 2.43. The fourth-order valence-corrected chi connectivity index (χ4v) is 2.14. The van der Waals surface area contributed by atoms with Crippen LogP contribution >= 0.6 is 0 Å². The number of aliphatic hydroxyl groups excluding tert-OH is 1. The maximum Gasteiger partial charge on any atom is 0.164 e. The van der Waals surface area contributed by atoms with Crippen LogP contribution < -0.4 is 9.47 Å².